The van der Waals surface area contributed by atoms with Crippen molar-refractivity contribution in [2.45, 2.75) is 20.0 Å². The monoisotopic (exact) mass is 225 g/mol. The SMILES string of the molecule is CCNCc1cccc(CN)c1.NC(=O)O. The number of hydrogen-bond donors (Lipinski definition) is 4. The Hall–Kier alpha value is -1.59. The molecule has 16 heavy (non-hydrogen) atoms. The van der Waals surface area contributed by atoms with Gasteiger partial charge in [0.1, 0.15) is 0 Å². The van der Waals surface area contributed by atoms with Crippen molar-refractivity contribution in [2.24, 2.45) is 11.5 Å². The summed E-state index contributed by atoms with van der Waals surface area (Å²) in [6, 6.07) is 8.36. The number of benzene rings is 1. The molecule has 0 spiro atoms. The molecule has 0 aliphatic rings. The molecule has 0 saturated carbocycles. The van der Waals surface area contributed by atoms with Crippen molar-refractivity contribution in [1.82, 2.24) is 5.32 Å². The Balaban J connectivity index is 0.000000487. The van der Waals surface area contributed by atoms with Crippen LogP contribution in [-0.4, -0.2) is 17.7 Å². The summed E-state index contributed by atoms with van der Waals surface area (Å²) < 4.78 is 0. The van der Waals surface area contributed by atoms with Gasteiger partial charge in [-0.05, 0) is 17.7 Å². The number of carboxylic acid groups (broad SMARTS) is 1. The normalized spacial score (nSPS) is 9.12. The Morgan fingerprint density at radius 2 is 2.00 bits per heavy atom. The van der Waals surface area contributed by atoms with E-state index in [-0.39, 0.29) is 0 Å². The maximum atomic E-state index is 8.78. The van der Waals surface area contributed by atoms with Crippen LogP contribution in [0, 0.1) is 0 Å². The Kier molecular flexibility index (Phi) is 7.83. The summed E-state index contributed by atoms with van der Waals surface area (Å²) in [5.74, 6) is 0. The first-order valence-electron chi connectivity index (χ1n) is 5.07. The molecule has 1 amide bonds. The van der Waals surface area contributed by atoms with Gasteiger partial charge in [0.25, 0.3) is 0 Å². The second kappa shape index (κ2) is 8.70. The van der Waals surface area contributed by atoms with E-state index in [9.17, 15) is 0 Å². The molecule has 0 aromatic heterocycles. The third-order valence-electron chi connectivity index (χ3n) is 1.81. The zero-order valence-corrected chi connectivity index (χ0v) is 9.44. The Labute approximate surface area is 95.4 Å². The number of hydrogen-bond acceptors (Lipinski definition) is 3. The van der Waals surface area contributed by atoms with Crippen molar-refractivity contribution < 1.29 is 9.90 Å². The van der Waals surface area contributed by atoms with Crippen molar-refractivity contribution in [2.75, 3.05) is 6.54 Å². The number of amides is 1. The molecule has 0 unspecified atom stereocenters. The van der Waals surface area contributed by atoms with Crippen LogP contribution in [0.2, 0.25) is 0 Å². The van der Waals surface area contributed by atoms with E-state index in [1.807, 2.05) is 0 Å². The van der Waals surface area contributed by atoms with E-state index in [0.29, 0.717) is 6.54 Å². The van der Waals surface area contributed by atoms with Gasteiger partial charge in [-0.25, -0.2) is 4.79 Å². The predicted molar refractivity (Wildman–Crippen MR) is 63.9 cm³/mol. The lowest BCUT2D eigenvalue weighted by atomic mass is 10.1. The molecule has 0 bridgehead atoms. The minimum absolute atomic E-state index is 0.625. The van der Waals surface area contributed by atoms with E-state index in [4.69, 9.17) is 15.6 Å². The molecule has 6 N–H and O–H groups in total. The van der Waals surface area contributed by atoms with Crippen molar-refractivity contribution in [3.63, 3.8) is 0 Å². The third kappa shape index (κ3) is 7.78. The molecule has 90 valence electrons. The molecular weight excluding hydrogens is 206 g/mol. The molecule has 1 aromatic rings. The van der Waals surface area contributed by atoms with E-state index in [2.05, 4.69) is 42.2 Å². The quantitative estimate of drug-likeness (QED) is 0.611. The van der Waals surface area contributed by atoms with Crippen LogP contribution in [0.1, 0.15) is 18.1 Å². The highest BCUT2D eigenvalue weighted by Crippen LogP contribution is 2.03. The summed E-state index contributed by atoms with van der Waals surface area (Å²) in [5, 5.41) is 10.5. The number of carbonyl (C=O) groups is 1. The van der Waals surface area contributed by atoms with E-state index < -0.39 is 6.09 Å². The largest absolute Gasteiger partial charge is 0.465 e. The lowest BCUT2D eigenvalue weighted by molar-refractivity contribution is 0.205. The average molecular weight is 225 g/mol. The van der Waals surface area contributed by atoms with E-state index in [0.717, 1.165) is 13.1 Å². The van der Waals surface area contributed by atoms with E-state index >= 15 is 0 Å². The lowest BCUT2D eigenvalue weighted by Gasteiger charge is -2.03. The highest BCUT2D eigenvalue weighted by atomic mass is 16.4. The maximum Gasteiger partial charge on any atom is 0.402 e. The summed E-state index contributed by atoms with van der Waals surface area (Å²) in [7, 11) is 0. The van der Waals surface area contributed by atoms with Crippen LogP contribution in [0.15, 0.2) is 24.3 Å². The minimum atomic E-state index is -1.33. The second-order valence-electron chi connectivity index (χ2n) is 3.14. The summed E-state index contributed by atoms with van der Waals surface area (Å²) in [6.07, 6.45) is -1.33. The first-order valence-corrected chi connectivity index (χ1v) is 5.07. The summed E-state index contributed by atoms with van der Waals surface area (Å²) in [6.45, 7) is 4.67. The van der Waals surface area contributed by atoms with Crippen molar-refractivity contribution in [3.05, 3.63) is 35.4 Å². The maximum absolute atomic E-state index is 8.78. The number of nitrogens with two attached hydrogens (primary N) is 2. The van der Waals surface area contributed by atoms with Gasteiger partial charge >= 0.3 is 6.09 Å². The lowest BCUT2D eigenvalue weighted by Crippen LogP contribution is -2.12. The van der Waals surface area contributed by atoms with Crippen LogP contribution in [0.5, 0.6) is 0 Å². The second-order valence-corrected chi connectivity index (χ2v) is 3.14. The number of nitrogens with one attached hydrogen (secondary N) is 1. The third-order valence-corrected chi connectivity index (χ3v) is 1.81. The molecule has 0 atom stereocenters. The first-order chi connectivity index (χ1) is 7.60. The fourth-order valence-electron chi connectivity index (χ4n) is 1.14. The van der Waals surface area contributed by atoms with Crippen LogP contribution in [0.3, 0.4) is 0 Å². The van der Waals surface area contributed by atoms with Gasteiger partial charge in [0.2, 0.25) is 0 Å². The molecule has 1 aromatic carbocycles. The van der Waals surface area contributed by atoms with Crippen LogP contribution in [0.4, 0.5) is 4.79 Å². The molecule has 5 heteroatoms. The highest BCUT2D eigenvalue weighted by Gasteiger charge is 1.92. The smallest absolute Gasteiger partial charge is 0.402 e. The van der Waals surface area contributed by atoms with Crippen molar-refractivity contribution >= 4 is 6.09 Å². The van der Waals surface area contributed by atoms with Gasteiger partial charge in [0, 0.05) is 13.1 Å². The van der Waals surface area contributed by atoms with Crippen molar-refractivity contribution in [1.29, 1.82) is 0 Å². The average Bonchev–Trinajstić information content (AvgIpc) is 2.26. The fourth-order valence-corrected chi connectivity index (χ4v) is 1.14. The Bertz CT molecular complexity index is 312. The molecule has 5 nitrogen and oxygen atoms in total. The van der Waals surface area contributed by atoms with Gasteiger partial charge in [0.15, 0.2) is 0 Å². The van der Waals surface area contributed by atoms with E-state index in [1.165, 1.54) is 11.1 Å². The topological polar surface area (TPSA) is 101 Å². The molecule has 1 rings (SSSR count). The predicted octanol–water partition coefficient (Wildman–Crippen LogP) is 0.878. The fraction of sp³-hybridized carbons (Fsp3) is 0.364. The minimum Gasteiger partial charge on any atom is -0.465 e. The number of primary amides is 1. The molecule has 0 aliphatic carbocycles. The highest BCUT2D eigenvalue weighted by molar-refractivity contribution is 5.61. The molecule has 0 radical (unpaired) electrons. The molecular formula is C11H19N3O2. The molecule has 0 saturated heterocycles. The van der Waals surface area contributed by atoms with Crippen LogP contribution < -0.4 is 16.8 Å². The van der Waals surface area contributed by atoms with Gasteiger partial charge in [-0.2, -0.15) is 0 Å². The van der Waals surface area contributed by atoms with Crippen molar-refractivity contribution in [3.8, 4) is 0 Å². The molecule has 0 fully saturated rings. The van der Waals surface area contributed by atoms with Crippen LogP contribution in [0.25, 0.3) is 0 Å². The zero-order chi connectivity index (χ0) is 12.4. The zero-order valence-electron chi connectivity index (χ0n) is 9.44. The van der Waals surface area contributed by atoms with Gasteiger partial charge in [-0.1, -0.05) is 31.2 Å². The van der Waals surface area contributed by atoms with Gasteiger partial charge in [-0.3, -0.25) is 0 Å². The van der Waals surface area contributed by atoms with Gasteiger partial charge in [-0.15, -0.1) is 0 Å². The van der Waals surface area contributed by atoms with E-state index in [1.54, 1.807) is 0 Å². The number of rotatable bonds is 4. The molecule has 0 heterocycles. The summed E-state index contributed by atoms with van der Waals surface area (Å²) in [4.78, 5) is 8.78. The van der Waals surface area contributed by atoms with Gasteiger partial charge < -0.3 is 21.9 Å². The van der Waals surface area contributed by atoms with Gasteiger partial charge in [0.05, 0.1) is 0 Å². The van der Waals surface area contributed by atoms with Crippen LogP contribution >= 0.6 is 0 Å². The summed E-state index contributed by atoms with van der Waals surface area (Å²) >= 11 is 0. The Morgan fingerprint density at radius 3 is 2.50 bits per heavy atom. The standard InChI is InChI=1S/C10H16N2.CH3NO2/c1-2-12-8-10-5-3-4-9(6-10)7-11;2-1(3)4/h3-6,12H,2,7-8,11H2,1H3;2H2,(H,3,4). The molecule has 0 aliphatic heterocycles. The first kappa shape index (κ1) is 14.4. The summed E-state index contributed by atoms with van der Waals surface area (Å²) in [5.41, 5.74) is 12.1. The Morgan fingerprint density at radius 1 is 1.44 bits per heavy atom. The van der Waals surface area contributed by atoms with Crippen LogP contribution in [-0.2, 0) is 13.1 Å².